The Hall–Kier alpha value is -2.11. The molecule has 0 aromatic heterocycles. The highest BCUT2D eigenvalue weighted by atomic mass is 32.2. The molecule has 0 saturated carbocycles. The van der Waals surface area contributed by atoms with E-state index in [-0.39, 0.29) is 30.7 Å². The number of hydrogen-bond acceptors (Lipinski definition) is 7. The van der Waals surface area contributed by atoms with Crippen LogP contribution in [-0.2, 0) is 27.8 Å². The van der Waals surface area contributed by atoms with Crippen LogP contribution in [0.3, 0.4) is 0 Å². The molecule has 1 amide bonds. The predicted molar refractivity (Wildman–Crippen MR) is 156 cm³/mol. The third kappa shape index (κ3) is 12.2. The highest BCUT2D eigenvalue weighted by Crippen LogP contribution is 2.14. The molecular weight excluding hydrogens is 522 g/mol. The second-order valence-corrected chi connectivity index (χ2v) is 12.9. The molecule has 0 fully saturated rings. The van der Waals surface area contributed by atoms with Gasteiger partial charge in [0, 0.05) is 25.4 Å². The first-order chi connectivity index (χ1) is 18.1. The maximum atomic E-state index is 13.4. The zero-order chi connectivity index (χ0) is 28.0. The molecule has 10 heteroatoms. The van der Waals surface area contributed by atoms with E-state index in [1.54, 1.807) is 18.9 Å². The van der Waals surface area contributed by atoms with Crippen molar-refractivity contribution in [2.75, 3.05) is 37.5 Å². The van der Waals surface area contributed by atoms with Crippen molar-refractivity contribution in [3.63, 3.8) is 0 Å². The number of hydrogen-bond donors (Lipinski definition) is 4. The number of amides is 1. The maximum Gasteiger partial charge on any atom is 0.225 e. The highest BCUT2D eigenvalue weighted by Gasteiger charge is 2.27. The van der Waals surface area contributed by atoms with Gasteiger partial charge < -0.3 is 20.5 Å². The van der Waals surface area contributed by atoms with Crippen LogP contribution >= 0.6 is 11.8 Å². The summed E-state index contributed by atoms with van der Waals surface area (Å²) < 4.78 is 32.6. The summed E-state index contributed by atoms with van der Waals surface area (Å²) in [6, 6.07) is 16.8. The fourth-order valence-electron chi connectivity index (χ4n) is 3.95. The minimum atomic E-state index is -3.48. The second-order valence-electron chi connectivity index (χ2n) is 9.73. The standard InChI is InChI=1S/C28H43N3O5S2/c1-5-37-19-24(17-30-38(34,35)20-21(2)3)28(33)31-26(15-22-10-7-6-8-11-22)27(32)18-29-16-23-12-9-13-25(14-23)36-4/h6-14,21,24,26-27,29-30,32H,5,15-20H2,1-4H3,(H,31,33)/t24?,26-,27+/m0/s1. The second kappa shape index (κ2) is 16.8. The van der Waals surface area contributed by atoms with E-state index in [4.69, 9.17) is 4.74 Å². The zero-order valence-corrected chi connectivity index (χ0v) is 24.5. The number of thioether (sulfide) groups is 1. The van der Waals surface area contributed by atoms with E-state index in [1.807, 2.05) is 75.4 Å². The Morgan fingerprint density at radius 1 is 1.05 bits per heavy atom. The molecule has 4 N–H and O–H groups in total. The first-order valence-electron chi connectivity index (χ1n) is 13.0. The van der Waals surface area contributed by atoms with Gasteiger partial charge in [-0.05, 0) is 41.4 Å². The number of aliphatic hydroxyl groups is 1. The smallest absolute Gasteiger partial charge is 0.225 e. The van der Waals surface area contributed by atoms with Crippen molar-refractivity contribution in [3.05, 3.63) is 65.7 Å². The average Bonchev–Trinajstić information content (AvgIpc) is 2.88. The van der Waals surface area contributed by atoms with Crippen LogP contribution in [0.1, 0.15) is 31.9 Å². The van der Waals surface area contributed by atoms with Crippen molar-refractivity contribution in [1.29, 1.82) is 0 Å². The van der Waals surface area contributed by atoms with E-state index in [2.05, 4.69) is 15.4 Å². The first kappa shape index (κ1) is 32.1. The van der Waals surface area contributed by atoms with Crippen LogP contribution in [0.4, 0.5) is 0 Å². The SMILES string of the molecule is CCSCC(CNS(=O)(=O)CC(C)C)C(=O)N[C@@H](Cc1ccccc1)[C@H](O)CNCc1cccc(OC)c1. The summed E-state index contributed by atoms with van der Waals surface area (Å²) in [7, 11) is -1.86. The largest absolute Gasteiger partial charge is 0.497 e. The van der Waals surface area contributed by atoms with Gasteiger partial charge in [0.1, 0.15) is 5.75 Å². The molecule has 0 spiro atoms. The summed E-state index contributed by atoms with van der Waals surface area (Å²) in [6.07, 6.45) is -0.414. The van der Waals surface area contributed by atoms with Crippen molar-refractivity contribution in [1.82, 2.24) is 15.4 Å². The quantitative estimate of drug-likeness (QED) is 0.220. The van der Waals surface area contributed by atoms with E-state index in [0.717, 1.165) is 22.6 Å². The van der Waals surface area contributed by atoms with Gasteiger partial charge >= 0.3 is 0 Å². The van der Waals surface area contributed by atoms with Crippen LogP contribution in [0.2, 0.25) is 0 Å². The molecule has 0 bridgehead atoms. The third-order valence-electron chi connectivity index (χ3n) is 5.90. The number of aliphatic hydroxyl groups excluding tert-OH is 1. The van der Waals surface area contributed by atoms with Gasteiger partial charge in [-0.25, -0.2) is 13.1 Å². The van der Waals surface area contributed by atoms with Gasteiger partial charge in [0.15, 0.2) is 0 Å². The van der Waals surface area contributed by atoms with Gasteiger partial charge in [0.05, 0.1) is 30.9 Å². The van der Waals surface area contributed by atoms with E-state index in [0.29, 0.717) is 18.7 Å². The van der Waals surface area contributed by atoms with Crippen LogP contribution < -0.4 is 20.1 Å². The number of rotatable bonds is 18. The molecule has 0 aliphatic carbocycles. The van der Waals surface area contributed by atoms with Gasteiger partial charge in [-0.15, -0.1) is 0 Å². The van der Waals surface area contributed by atoms with Crippen molar-refractivity contribution in [2.45, 2.75) is 45.9 Å². The topological polar surface area (TPSA) is 117 Å². The Morgan fingerprint density at radius 2 is 1.76 bits per heavy atom. The molecule has 2 aromatic rings. The molecule has 0 saturated heterocycles. The third-order valence-corrected chi connectivity index (χ3v) is 8.66. The summed E-state index contributed by atoms with van der Waals surface area (Å²) in [5.41, 5.74) is 2.01. The summed E-state index contributed by atoms with van der Waals surface area (Å²) in [6.45, 7) is 6.51. The maximum absolute atomic E-state index is 13.4. The summed E-state index contributed by atoms with van der Waals surface area (Å²) in [4.78, 5) is 13.4. The van der Waals surface area contributed by atoms with E-state index >= 15 is 0 Å². The Balaban J connectivity index is 2.08. The van der Waals surface area contributed by atoms with E-state index in [9.17, 15) is 18.3 Å². The number of nitrogens with one attached hydrogen (secondary N) is 3. The van der Waals surface area contributed by atoms with Gasteiger partial charge in [0.25, 0.3) is 0 Å². The van der Waals surface area contributed by atoms with Crippen LogP contribution in [0, 0.1) is 11.8 Å². The van der Waals surface area contributed by atoms with Crippen molar-refractivity contribution >= 4 is 27.7 Å². The Labute approximate surface area is 232 Å². The molecule has 1 unspecified atom stereocenters. The minimum Gasteiger partial charge on any atom is -0.497 e. The molecule has 0 aliphatic rings. The number of carbonyl (C=O) groups excluding carboxylic acids is 1. The zero-order valence-electron chi connectivity index (χ0n) is 22.9. The monoisotopic (exact) mass is 565 g/mol. The summed E-state index contributed by atoms with van der Waals surface area (Å²) in [5.74, 6) is 1.22. The Morgan fingerprint density at radius 3 is 2.42 bits per heavy atom. The van der Waals surface area contributed by atoms with Crippen LogP contribution in [-0.4, -0.2) is 69.0 Å². The molecule has 0 aliphatic heterocycles. The van der Waals surface area contributed by atoms with Gasteiger partial charge in [-0.1, -0.05) is 63.2 Å². The Bertz CT molecular complexity index is 1070. The molecule has 0 radical (unpaired) electrons. The van der Waals surface area contributed by atoms with Crippen molar-refractivity contribution in [3.8, 4) is 5.75 Å². The lowest BCUT2D eigenvalue weighted by molar-refractivity contribution is -0.125. The summed E-state index contributed by atoms with van der Waals surface area (Å²) >= 11 is 1.58. The number of ether oxygens (including phenoxy) is 1. The lowest BCUT2D eigenvalue weighted by atomic mass is 10.00. The predicted octanol–water partition coefficient (Wildman–Crippen LogP) is 2.82. The number of methoxy groups -OCH3 is 1. The van der Waals surface area contributed by atoms with Gasteiger partial charge in [-0.2, -0.15) is 11.8 Å². The van der Waals surface area contributed by atoms with Gasteiger partial charge in [0.2, 0.25) is 15.9 Å². The molecule has 8 nitrogen and oxygen atoms in total. The lowest BCUT2D eigenvalue weighted by Gasteiger charge is -2.27. The number of sulfonamides is 1. The molecule has 212 valence electrons. The van der Waals surface area contributed by atoms with Crippen molar-refractivity contribution in [2.24, 2.45) is 11.8 Å². The number of benzene rings is 2. The average molecular weight is 566 g/mol. The van der Waals surface area contributed by atoms with E-state index < -0.39 is 28.1 Å². The fourth-order valence-corrected chi connectivity index (χ4v) is 6.19. The molecule has 3 atom stereocenters. The molecule has 2 rings (SSSR count). The highest BCUT2D eigenvalue weighted by molar-refractivity contribution is 7.99. The normalized spacial score (nSPS) is 14.2. The minimum absolute atomic E-state index is 0.0105. The Kier molecular flexibility index (Phi) is 14.2. The van der Waals surface area contributed by atoms with Crippen molar-refractivity contribution < 1.29 is 23.1 Å². The lowest BCUT2D eigenvalue weighted by Crippen LogP contribution is -2.52. The fraction of sp³-hybridized carbons (Fsp3) is 0.536. The molecule has 0 heterocycles. The number of carbonyl (C=O) groups is 1. The van der Waals surface area contributed by atoms with Crippen LogP contribution in [0.25, 0.3) is 0 Å². The molecular formula is C28H43N3O5S2. The first-order valence-corrected chi connectivity index (χ1v) is 15.8. The van der Waals surface area contributed by atoms with Crippen LogP contribution in [0.15, 0.2) is 54.6 Å². The molecule has 2 aromatic carbocycles. The van der Waals surface area contributed by atoms with E-state index in [1.165, 1.54) is 0 Å². The summed E-state index contributed by atoms with van der Waals surface area (Å²) in [5, 5.41) is 17.4. The van der Waals surface area contributed by atoms with Gasteiger partial charge in [-0.3, -0.25) is 4.79 Å². The van der Waals surface area contributed by atoms with Crippen LogP contribution in [0.5, 0.6) is 5.75 Å². The molecule has 38 heavy (non-hydrogen) atoms.